The van der Waals surface area contributed by atoms with Crippen LogP contribution in [0.2, 0.25) is 4.34 Å². The van der Waals surface area contributed by atoms with E-state index in [1.54, 1.807) is 11.3 Å². The van der Waals surface area contributed by atoms with E-state index >= 15 is 0 Å². The highest BCUT2D eigenvalue weighted by molar-refractivity contribution is 7.16. The van der Waals surface area contributed by atoms with E-state index in [1.807, 2.05) is 6.07 Å². The summed E-state index contributed by atoms with van der Waals surface area (Å²) in [5, 5.41) is 3.84. The molecule has 3 atom stereocenters. The number of ether oxygens (including phenoxy) is 1. The molecule has 3 unspecified atom stereocenters. The molecule has 0 radical (unpaired) electrons. The molecule has 2 nitrogen and oxygen atoms in total. The van der Waals surface area contributed by atoms with Crippen molar-refractivity contribution in [3.63, 3.8) is 0 Å². The summed E-state index contributed by atoms with van der Waals surface area (Å²) in [5.74, 6) is 0. The van der Waals surface area contributed by atoms with Crippen LogP contribution in [0.5, 0.6) is 0 Å². The highest BCUT2D eigenvalue weighted by Crippen LogP contribution is 2.55. The first kappa shape index (κ1) is 14.8. The van der Waals surface area contributed by atoms with Gasteiger partial charge in [0, 0.05) is 29.0 Å². The molecule has 1 heterocycles. The van der Waals surface area contributed by atoms with Crippen molar-refractivity contribution in [2.75, 3.05) is 6.61 Å². The van der Waals surface area contributed by atoms with Crippen LogP contribution in [0, 0.1) is 5.41 Å². The van der Waals surface area contributed by atoms with Gasteiger partial charge >= 0.3 is 0 Å². The Hall–Kier alpha value is -0.0900. The molecular weight excluding hydrogens is 290 g/mol. The average Bonchev–Trinajstić information content (AvgIpc) is 3.07. The van der Waals surface area contributed by atoms with Gasteiger partial charge in [-0.15, -0.1) is 11.3 Å². The van der Waals surface area contributed by atoms with Gasteiger partial charge in [-0.2, -0.15) is 0 Å². The number of rotatable bonds is 5. The van der Waals surface area contributed by atoms with E-state index in [1.165, 1.54) is 30.6 Å². The zero-order chi connectivity index (χ0) is 14.2. The zero-order valence-corrected chi connectivity index (χ0v) is 13.9. The predicted octanol–water partition coefficient (Wildman–Crippen LogP) is 4.79. The third-order valence-electron chi connectivity index (χ3n) is 5.16. The third-order valence-corrected chi connectivity index (χ3v) is 6.57. The van der Waals surface area contributed by atoms with Crippen molar-refractivity contribution < 1.29 is 4.74 Å². The molecule has 2 fully saturated rings. The summed E-state index contributed by atoms with van der Waals surface area (Å²) in [6.45, 7) is 5.20. The summed E-state index contributed by atoms with van der Waals surface area (Å²) in [5.41, 5.74) is 0.408. The molecule has 20 heavy (non-hydrogen) atoms. The van der Waals surface area contributed by atoms with E-state index in [0.29, 0.717) is 23.6 Å². The third kappa shape index (κ3) is 2.54. The number of nitrogens with one attached hydrogen (secondary N) is 1. The summed E-state index contributed by atoms with van der Waals surface area (Å²) in [4.78, 5) is 1.34. The van der Waals surface area contributed by atoms with Crippen LogP contribution in [0.3, 0.4) is 0 Å². The van der Waals surface area contributed by atoms with E-state index in [-0.39, 0.29) is 0 Å². The van der Waals surface area contributed by atoms with Gasteiger partial charge in [0.2, 0.25) is 0 Å². The molecule has 2 saturated carbocycles. The second-order valence-electron chi connectivity index (χ2n) is 6.20. The van der Waals surface area contributed by atoms with Crippen LogP contribution in [0.15, 0.2) is 12.1 Å². The molecule has 0 saturated heterocycles. The summed E-state index contributed by atoms with van der Waals surface area (Å²) < 4.78 is 6.86. The summed E-state index contributed by atoms with van der Waals surface area (Å²) >= 11 is 7.73. The molecule has 2 aliphatic carbocycles. The molecule has 112 valence electrons. The molecule has 0 bridgehead atoms. The fourth-order valence-electron chi connectivity index (χ4n) is 4.07. The van der Waals surface area contributed by atoms with Gasteiger partial charge < -0.3 is 10.1 Å². The predicted molar refractivity (Wildman–Crippen MR) is 85.6 cm³/mol. The van der Waals surface area contributed by atoms with E-state index in [0.717, 1.165) is 17.4 Å². The van der Waals surface area contributed by atoms with Crippen molar-refractivity contribution >= 4 is 22.9 Å². The molecule has 0 amide bonds. The van der Waals surface area contributed by atoms with Crippen LogP contribution >= 0.6 is 22.9 Å². The lowest BCUT2D eigenvalue weighted by atomic mass is 9.60. The number of hydrogen-bond donors (Lipinski definition) is 1. The van der Waals surface area contributed by atoms with E-state index in [2.05, 4.69) is 25.2 Å². The maximum absolute atomic E-state index is 6.04. The smallest absolute Gasteiger partial charge is 0.0931 e. The fourth-order valence-corrected chi connectivity index (χ4v) is 5.14. The molecule has 1 aromatic heterocycles. The van der Waals surface area contributed by atoms with Crippen LogP contribution in [-0.2, 0) is 4.74 Å². The topological polar surface area (TPSA) is 21.3 Å². The second-order valence-corrected chi connectivity index (χ2v) is 7.95. The lowest BCUT2D eigenvalue weighted by Crippen LogP contribution is -2.62. The van der Waals surface area contributed by atoms with Crippen LogP contribution in [0.25, 0.3) is 0 Å². The van der Waals surface area contributed by atoms with Crippen molar-refractivity contribution in [2.45, 2.75) is 64.1 Å². The Balaban J connectivity index is 1.65. The molecule has 3 rings (SSSR count). The van der Waals surface area contributed by atoms with Gasteiger partial charge in [0.05, 0.1) is 10.4 Å². The van der Waals surface area contributed by atoms with Crippen LogP contribution in [0.1, 0.15) is 56.9 Å². The Bertz CT molecular complexity index is 455. The van der Waals surface area contributed by atoms with Gasteiger partial charge in [0.15, 0.2) is 0 Å². The minimum atomic E-state index is 0.387. The van der Waals surface area contributed by atoms with Crippen molar-refractivity contribution in [3.05, 3.63) is 21.3 Å². The van der Waals surface area contributed by atoms with Crippen LogP contribution in [-0.4, -0.2) is 18.8 Å². The zero-order valence-electron chi connectivity index (χ0n) is 12.3. The Morgan fingerprint density at radius 2 is 2.20 bits per heavy atom. The van der Waals surface area contributed by atoms with Crippen LogP contribution in [0.4, 0.5) is 0 Å². The first-order valence-electron chi connectivity index (χ1n) is 7.78. The summed E-state index contributed by atoms with van der Waals surface area (Å²) in [6.07, 6.45) is 7.02. The lowest BCUT2D eigenvalue weighted by molar-refractivity contribution is -0.132. The van der Waals surface area contributed by atoms with Gasteiger partial charge in [0.1, 0.15) is 0 Å². The Kier molecular flexibility index (Phi) is 4.42. The van der Waals surface area contributed by atoms with Crippen molar-refractivity contribution in [1.82, 2.24) is 5.32 Å². The Morgan fingerprint density at radius 1 is 1.45 bits per heavy atom. The van der Waals surface area contributed by atoms with Gasteiger partial charge in [-0.1, -0.05) is 24.4 Å². The monoisotopic (exact) mass is 313 g/mol. The number of hydrogen-bond acceptors (Lipinski definition) is 3. The molecule has 0 aliphatic heterocycles. The van der Waals surface area contributed by atoms with E-state index in [9.17, 15) is 0 Å². The van der Waals surface area contributed by atoms with Gasteiger partial charge in [-0.05, 0) is 45.2 Å². The van der Waals surface area contributed by atoms with Crippen molar-refractivity contribution in [3.8, 4) is 0 Å². The van der Waals surface area contributed by atoms with Gasteiger partial charge in [0.25, 0.3) is 0 Å². The maximum atomic E-state index is 6.04. The van der Waals surface area contributed by atoms with E-state index < -0.39 is 0 Å². The molecule has 0 aromatic carbocycles. The molecule has 2 aliphatic rings. The second kappa shape index (κ2) is 5.96. The normalized spacial score (nSPS) is 29.6. The molecular formula is C16H24ClNOS. The quantitative estimate of drug-likeness (QED) is 0.844. The van der Waals surface area contributed by atoms with Crippen molar-refractivity contribution in [1.29, 1.82) is 0 Å². The first-order chi connectivity index (χ1) is 9.65. The molecule has 1 spiro atoms. The minimum absolute atomic E-state index is 0.387. The lowest BCUT2D eigenvalue weighted by Gasteiger charge is -2.55. The SMILES string of the molecule is CCOC1CC(NC(C)c2ccc(Cl)s2)C12CCCC2. The van der Waals surface area contributed by atoms with Crippen LogP contribution < -0.4 is 5.32 Å². The van der Waals surface area contributed by atoms with Gasteiger partial charge in [-0.3, -0.25) is 0 Å². The standard InChI is InChI=1S/C16H24ClNOS/c1-3-19-14-10-13(16(14)8-4-5-9-16)18-11(2)12-6-7-15(17)20-12/h6-7,11,13-14,18H,3-5,8-10H2,1-2H3. The highest BCUT2D eigenvalue weighted by atomic mass is 35.5. The first-order valence-corrected chi connectivity index (χ1v) is 8.98. The Morgan fingerprint density at radius 3 is 2.80 bits per heavy atom. The van der Waals surface area contributed by atoms with Gasteiger partial charge in [-0.25, -0.2) is 0 Å². The summed E-state index contributed by atoms with van der Waals surface area (Å²) in [6, 6.07) is 5.13. The number of halogens is 1. The fraction of sp³-hybridized carbons (Fsp3) is 0.750. The molecule has 1 aromatic rings. The summed E-state index contributed by atoms with van der Waals surface area (Å²) in [7, 11) is 0. The molecule has 4 heteroatoms. The molecule has 1 N–H and O–H groups in total. The Labute approximate surface area is 130 Å². The van der Waals surface area contributed by atoms with E-state index in [4.69, 9.17) is 16.3 Å². The van der Waals surface area contributed by atoms with Crippen molar-refractivity contribution in [2.24, 2.45) is 5.41 Å². The average molecular weight is 314 g/mol. The maximum Gasteiger partial charge on any atom is 0.0931 e. The minimum Gasteiger partial charge on any atom is -0.378 e. The largest absolute Gasteiger partial charge is 0.378 e. The number of thiophene rings is 1. The highest BCUT2D eigenvalue weighted by Gasteiger charge is 2.56.